The van der Waals surface area contributed by atoms with E-state index >= 15 is 0 Å². The average molecular weight is 265 g/mol. The fourth-order valence-corrected chi connectivity index (χ4v) is 2.20. The number of methoxy groups -OCH3 is 1. The third kappa shape index (κ3) is 3.89. The molecule has 0 bridgehead atoms. The van der Waals surface area contributed by atoms with Crippen molar-refractivity contribution >= 4 is 5.69 Å². The van der Waals surface area contributed by atoms with Crippen molar-refractivity contribution in [3.8, 4) is 5.75 Å². The van der Waals surface area contributed by atoms with Crippen LogP contribution in [0.4, 0.5) is 5.69 Å². The van der Waals surface area contributed by atoms with Crippen molar-refractivity contribution in [2.75, 3.05) is 26.1 Å². The van der Waals surface area contributed by atoms with Gasteiger partial charge in [0, 0.05) is 19.7 Å². The van der Waals surface area contributed by atoms with Crippen LogP contribution in [0.2, 0.25) is 0 Å². The van der Waals surface area contributed by atoms with E-state index in [0.717, 1.165) is 24.3 Å². The molecule has 0 aliphatic rings. The van der Waals surface area contributed by atoms with E-state index in [1.807, 2.05) is 13.8 Å². The molecule has 0 saturated carbocycles. The summed E-state index contributed by atoms with van der Waals surface area (Å²) in [6, 6.07) is 6.42. The Morgan fingerprint density at radius 1 is 1.11 bits per heavy atom. The summed E-state index contributed by atoms with van der Waals surface area (Å²) < 4.78 is 5.65. The molecule has 0 unspecified atom stereocenters. The fraction of sp³-hybridized carbons (Fsp3) is 0.647. The monoisotopic (exact) mass is 265 g/mol. The summed E-state index contributed by atoms with van der Waals surface area (Å²) in [6.45, 7) is 10.8. The Kier molecular flexibility index (Phi) is 7.58. The normalized spacial score (nSPS) is 10.5. The minimum atomic E-state index is 0.192. The Morgan fingerprint density at radius 2 is 1.63 bits per heavy atom. The van der Waals surface area contributed by atoms with Crippen LogP contribution in [0.3, 0.4) is 0 Å². The zero-order valence-electron chi connectivity index (χ0n) is 14.0. The van der Waals surface area contributed by atoms with Crippen LogP contribution in [0.15, 0.2) is 18.2 Å². The quantitative estimate of drug-likeness (QED) is 0.753. The first-order chi connectivity index (χ1) is 9.00. The molecule has 0 heterocycles. The summed E-state index contributed by atoms with van der Waals surface area (Å²) >= 11 is 0. The molecule has 0 N–H and O–H groups in total. The summed E-state index contributed by atoms with van der Waals surface area (Å²) in [5.74, 6) is 1.02. The third-order valence-electron chi connectivity index (χ3n) is 3.89. The van der Waals surface area contributed by atoms with Gasteiger partial charge in [-0.3, -0.25) is 0 Å². The van der Waals surface area contributed by atoms with E-state index in [0.29, 0.717) is 0 Å². The molecular formula is C17H31NO. The van der Waals surface area contributed by atoms with Gasteiger partial charge >= 0.3 is 0 Å². The molecular weight excluding hydrogens is 234 g/mol. The van der Waals surface area contributed by atoms with E-state index in [1.165, 1.54) is 5.56 Å². The predicted octanol–water partition coefficient (Wildman–Crippen LogP) is 4.87. The molecule has 1 aromatic carbocycles. The van der Waals surface area contributed by atoms with Gasteiger partial charge in [-0.15, -0.1) is 0 Å². The van der Waals surface area contributed by atoms with Crippen LogP contribution in [0, 0.1) is 0 Å². The molecule has 0 fully saturated rings. The van der Waals surface area contributed by atoms with Crippen molar-refractivity contribution in [2.45, 2.75) is 52.9 Å². The Morgan fingerprint density at radius 3 is 2.00 bits per heavy atom. The van der Waals surface area contributed by atoms with E-state index < -0.39 is 0 Å². The maximum Gasteiger partial charge on any atom is 0.145 e. The molecule has 0 aliphatic heterocycles. The van der Waals surface area contributed by atoms with Gasteiger partial charge in [-0.2, -0.15) is 0 Å². The van der Waals surface area contributed by atoms with Crippen LogP contribution in [0.25, 0.3) is 0 Å². The second kappa shape index (κ2) is 8.08. The predicted molar refractivity (Wildman–Crippen MR) is 86.6 cm³/mol. The highest BCUT2D eigenvalue weighted by Gasteiger charge is 2.27. The van der Waals surface area contributed by atoms with Crippen molar-refractivity contribution in [3.05, 3.63) is 23.8 Å². The van der Waals surface area contributed by atoms with Gasteiger partial charge < -0.3 is 9.64 Å². The zero-order valence-corrected chi connectivity index (χ0v) is 14.0. The first-order valence-corrected chi connectivity index (χ1v) is 7.35. The topological polar surface area (TPSA) is 12.5 Å². The second-order valence-electron chi connectivity index (χ2n) is 5.02. The molecule has 110 valence electrons. The second-order valence-corrected chi connectivity index (χ2v) is 5.02. The molecule has 0 amide bonds. The van der Waals surface area contributed by atoms with E-state index in [-0.39, 0.29) is 5.41 Å². The molecule has 0 aliphatic carbocycles. The minimum absolute atomic E-state index is 0.192. The van der Waals surface area contributed by atoms with Gasteiger partial charge in [-0.05, 0) is 24.3 Å². The fourth-order valence-electron chi connectivity index (χ4n) is 2.20. The molecule has 2 nitrogen and oxygen atoms in total. The molecule has 0 radical (unpaired) electrons. The smallest absolute Gasteiger partial charge is 0.145 e. The number of rotatable bonds is 5. The van der Waals surface area contributed by atoms with Crippen LogP contribution in [0.1, 0.15) is 53.0 Å². The molecule has 0 atom stereocenters. The molecule has 19 heavy (non-hydrogen) atoms. The van der Waals surface area contributed by atoms with Gasteiger partial charge in [0.15, 0.2) is 0 Å². The highest BCUT2D eigenvalue weighted by molar-refractivity contribution is 5.62. The highest BCUT2D eigenvalue weighted by atomic mass is 16.5. The molecule has 1 rings (SSSR count). The Labute approximate surface area is 119 Å². The zero-order chi connectivity index (χ0) is 15.1. The standard InChI is InChI=1S/C15H25NO.C2H6/c1-7-15(3,8-2)12-10-9-11-13(16(4)5)14(12)17-6;1-2/h9-11H,7-8H2,1-6H3;1-2H3. The minimum Gasteiger partial charge on any atom is -0.494 e. The van der Waals surface area contributed by atoms with E-state index in [9.17, 15) is 0 Å². The summed E-state index contributed by atoms with van der Waals surface area (Å²) in [5, 5.41) is 0. The largest absolute Gasteiger partial charge is 0.494 e. The Hall–Kier alpha value is -1.18. The summed E-state index contributed by atoms with van der Waals surface area (Å²) in [4.78, 5) is 2.11. The molecule has 0 aromatic heterocycles. The number of nitrogens with zero attached hydrogens (tertiary/aromatic N) is 1. The lowest BCUT2D eigenvalue weighted by Gasteiger charge is -2.31. The van der Waals surface area contributed by atoms with Gasteiger partial charge in [0.2, 0.25) is 0 Å². The maximum absolute atomic E-state index is 5.65. The van der Waals surface area contributed by atoms with Crippen LogP contribution in [-0.2, 0) is 5.41 Å². The highest BCUT2D eigenvalue weighted by Crippen LogP contribution is 2.41. The van der Waals surface area contributed by atoms with Gasteiger partial charge in [0.25, 0.3) is 0 Å². The van der Waals surface area contributed by atoms with Crippen LogP contribution < -0.4 is 9.64 Å². The molecule has 2 heteroatoms. The summed E-state index contributed by atoms with van der Waals surface area (Å²) in [5.41, 5.74) is 2.66. The first kappa shape index (κ1) is 17.8. The van der Waals surface area contributed by atoms with Crippen molar-refractivity contribution < 1.29 is 4.74 Å². The van der Waals surface area contributed by atoms with Crippen LogP contribution in [0.5, 0.6) is 5.75 Å². The maximum atomic E-state index is 5.65. The lowest BCUT2D eigenvalue weighted by Crippen LogP contribution is -2.22. The first-order valence-electron chi connectivity index (χ1n) is 7.35. The SMILES string of the molecule is CC.CCC(C)(CC)c1cccc(N(C)C)c1OC. The lowest BCUT2D eigenvalue weighted by atomic mass is 9.77. The van der Waals surface area contributed by atoms with Crippen LogP contribution in [-0.4, -0.2) is 21.2 Å². The van der Waals surface area contributed by atoms with Gasteiger partial charge in [-0.1, -0.05) is 46.8 Å². The summed E-state index contributed by atoms with van der Waals surface area (Å²) in [7, 11) is 5.87. The van der Waals surface area contributed by atoms with E-state index in [2.05, 4.69) is 58.0 Å². The number of anilines is 1. The average Bonchev–Trinajstić information content (AvgIpc) is 2.47. The van der Waals surface area contributed by atoms with Gasteiger partial charge in [0.1, 0.15) is 5.75 Å². The van der Waals surface area contributed by atoms with Crippen molar-refractivity contribution in [1.29, 1.82) is 0 Å². The van der Waals surface area contributed by atoms with Gasteiger partial charge in [0.05, 0.1) is 12.8 Å². The molecule has 0 saturated heterocycles. The number of ether oxygens (including phenoxy) is 1. The number of hydrogen-bond acceptors (Lipinski definition) is 2. The lowest BCUT2D eigenvalue weighted by molar-refractivity contribution is 0.374. The van der Waals surface area contributed by atoms with Crippen LogP contribution >= 0.6 is 0 Å². The molecule has 1 aromatic rings. The van der Waals surface area contributed by atoms with Gasteiger partial charge in [-0.25, -0.2) is 0 Å². The van der Waals surface area contributed by atoms with Crippen molar-refractivity contribution in [3.63, 3.8) is 0 Å². The number of benzene rings is 1. The van der Waals surface area contributed by atoms with E-state index in [4.69, 9.17) is 4.74 Å². The van der Waals surface area contributed by atoms with E-state index in [1.54, 1.807) is 7.11 Å². The molecule has 0 spiro atoms. The Bertz CT molecular complexity index is 368. The number of hydrogen-bond donors (Lipinski definition) is 0. The third-order valence-corrected chi connectivity index (χ3v) is 3.89. The Balaban J connectivity index is 0.00000154. The number of para-hydroxylation sites is 1. The van der Waals surface area contributed by atoms with Crippen molar-refractivity contribution in [1.82, 2.24) is 0 Å². The summed E-state index contributed by atoms with van der Waals surface area (Å²) in [6.07, 6.45) is 2.24. The van der Waals surface area contributed by atoms with Crippen molar-refractivity contribution in [2.24, 2.45) is 0 Å².